The summed E-state index contributed by atoms with van der Waals surface area (Å²) in [5, 5.41) is 3.27. The smallest absolute Gasteiger partial charge is 0.00260 e. The van der Waals surface area contributed by atoms with Gasteiger partial charge in [0.1, 0.15) is 0 Å². The molecule has 0 aliphatic carbocycles. The number of hydrogen-bond donors (Lipinski definition) is 1. The van der Waals surface area contributed by atoms with E-state index in [1.165, 1.54) is 160 Å². The van der Waals surface area contributed by atoms with E-state index >= 15 is 0 Å². The molecule has 1 heteroatoms. The van der Waals surface area contributed by atoms with Gasteiger partial charge >= 0.3 is 0 Å². The molecule has 1 nitrogen and oxygen atoms in total. The maximum absolute atomic E-state index is 4.29. The maximum Gasteiger partial charge on any atom is -0.00260 e. The lowest BCUT2D eigenvalue weighted by Crippen LogP contribution is -2.16. The first-order valence-corrected chi connectivity index (χ1v) is 15.0. The van der Waals surface area contributed by atoms with Crippen molar-refractivity contribution in [2.75, 3.05) is 13.6 Å². The number of unbranched alkanes of at least 4 members (excludes halogenated alkanes) is 20. The fraction of sp³-hybridized carbons (Fsp3) is 0.935. The van der Waals surface area contributed by atoms with Crippen LogP contribution in [0.15, 0.2) is 12.2 Å². The summed E-state index contributed by atoms with van der Waals surface area (Å²) in [6.07, 6.45) is 34.4. The third-order valence-electron chi connectivity index (χ3n) is 7.18. The highest BCUT2D eigenvalue weighted by atomic mass is 14.8. The Bertz CT molecular complexity index is 361. The van der Waals surface area contributed by atoms with Gasteiger partial charge in [0.05, 0.1) is 0 Å². The summed E-state index contributed by atoms with van der Waals surface area (Å²) >= 11 is 0. The molecular weight excluding hydrogens is 386 g/mol. The first-order chi connectivity index (χ1) is 15.7. The van der Waals surface area contributed by atoms with Crippen LogP contribution in [0.5, 0.6) is 0 Å². The van der Waals surface area contributed by atoms with Gasteiger partial charge in [-0.25, -0.2) is 0 Å². The Morgan fingerprint density at radius 3 is 1.25 bits per heavy atom. The van der Waals surface area contributed by atoms with Gasteiger partial charge in [0.25, 0.3) is 0 Å². The van der Waals surface area contributed by atoms with Crippen LogP contribution in [0.1, 0.15) is 168 Å². The van der Waals surface area contributed by atoms with E-state index in [1.807, 2.05) is 7.05 Å². The molecule has 0 rings (SSSR count). The first kappa shape index (κ1) is 31.7. The molecule has 0 amide bonds. The topological polar surface area (TPSA) is 12.0 Å². The standard InChI is InChI=1S/C31H63N/c1-5-6-7-8-9-10-11-12-13-14-15-16-17-18-19-20-21-22-23-24-25-26-30(2)27-28-31(3)29-32-4/h31-32H,2,5-29H2,1,3-4H3. The Balaban J connectivity index is 3.12. The van der Waals surface area contributed by atoms with Crippen molar-refractivity contribution in [1.29, 1.82) is 0 Å². The molecule has 0 heterocycles. The number of hydrogen-bond acceptors (Lipinski definition) is 1. The van der Waals surface area contributed by atoms with Crippen LogP contribution in [0, 0.1) is 5.92 Å². The minimum Gasteiger partial charge on any atom is -0.319 e. The Hall–Kier alpha value is -0.300. The molecule has 0 aromatic rings. The molecule has 0 saturated carbocycles. The van der Waals surface area contributed by atoms with Crippen molar-refractivity contribution in [3.05, 3.63) is 12.2 Å². The molecule has 1 unspecified atom stereocenters. The van der Waals surface area contributed by atoms with Gasteiger partial charge in [0.2, 0.25) is 0 Å². The second kappa shape index (κ2) is 26.9. The highest BCUT2D eigenvalue weighted by Gasteiger charge is 2.02. The lowest BCUT2D eigenvalue weighted by molar-refractivity contribution is 0.497. The maximum atomic E-state index is 4.29. The van der Waals surface area contributed by atoms with Gasteiger partial charge in [0, 0.05) is 0 Å². The summed E-state index contributed by atoms with van der Waals surface area (Å²) in [7, 11) is 2.05. The van der Waals surface area contributed by atoms with Gasteiger partial charge < -0.3 is 5.32 Å². The predicted molar refractivity (Wildman–Crippen MR) is 149 cm³/mol. The lowest BCUT2D eigenvalue weighted by Gasteiger charge is -2.11. The monoisotopic (exact) mass is 449 g/mol. The van der Waals surface area contributed by atoms with E-state index in [2.05, 4.69) is 25.7 Å². The molecule has 0 radical (unpaired) electrons. The van der Waals surface area contributed by atoms with E-state index in [4.69, 9.17) is 0 Å². The highest BCUT2D eigenvalue weighted by Crippen LogP contribution is 2.18. The highest BCUT2D eigenvalue weighted by molar-refractivity contribution is 4.93. The van der Waals surface area contributed by atoms with Crippen molar-refractivity contribution in [3.8, 4) is 0 Å². The summed E-state index contributed by atoms with van der Waals surface area (Å²) in [5.74, 6) is 0.775. The molecule has 0 bridgehead atoms. The Kier molecular flexibility index (Phi) is 26.7. The lowest BCUT2D eigenvalue weighted by atomic mass is 9.98. The van der Waals surface area contributed by atoms with Gasteiger partial charge in [-0.05, 0) is 45.2 Å². The number of allylic oxidation sites excluding steroid dienone is 1. The second-order valence-electron chi connectivity index (χ2n) is 10.8. The molecular formula is C31H63N. The first-order valence-electron chi connectivity index (χ1n) is 15.0. The molecule has 0 saturated heterocycles. The summed E-state index contributed by atoms with van der Waals surface area (Å²) in [5.41, 5.74) is 1.48. The van der Waals surface area contributed by atoms with Gasteiger partial charge in [-0.1, -0.05) is 154 Å². The van der Waals surface area contributed by atoms with Crippen LogP contribution < -0.4 is 5.32 Å². The van der Waals surface area contributed by atoms with E-state index in [0.717, 1.165) is 12.5 Å². The van der Waals surface area contributed by atoms with Crippen LogP contribution >= 0.6 is 0 Å². The normalized spacial score (nSPS) is 12.3. The summed E-state index contributed by atoms with van der Waals surface area (Å²) in [4.78, 5) is 0. The fourth-order valence-corrected chi connectivity index (χ4v) is 4.83. The molecule has 0 aliphatic heterocycles. The predicted octanol–water partition coefficient (Wildman–Crippen LogP) is 10.8. The zero-order valence-electron chi connectivity index (χ0n) is 23.0. The zero-order valence-corrected chi connectivity index (χ0v) is 23.0. The van der Waals surface area contributed by atoms with Crippen LogP contribution in [0.25, 0.3) is 0 Å². The molecule has 0 aromatic heterocycles. The second-order valence-corrected chi connectivity index (χ2v) is 10.8. The van der Waals surface area contributed by atoms with E-state index < -0.39 is 0 Å². The summed E-state index contributed by atoms with van der Waals surface area (Å²) < 4.78 is 0. The molecule has 32 heavy (non-hydrogen) atoms. The molecule has 0 fully saturated rings. The summed E-state index contributed by atoms with van der Waals surface area (Å²) in [6, 6.07) is 0. The van der Waals surface area contributed by atoms with Crippen LogP contribution in [0.3, 0.4) is 0 Å². The van der Waals surface area contributed by atoms with Crippen LogP contribution in [0.4, 0.5) is 0 Å². The Labute approximate surface area is 205 Å². The molecule has 1 N–H and O–H groups in total. The average molecular weight is 450 g/mol. The fourth-order valence-electron chi connectivity index (χ4n) is 4.83. The molecule has 1 atom stereocenters. The molecule has 192 valence electrons. The van der Waals surface area contributed by atoms with Gasteiger partial charge in [0.15, 0.2) is 0 Å². The van der Waals surface area contributed by atoms with Crippen molar-refractivity contribution in [3.63, 3.8) is 0 Å². The number of nitrogens with one attached hydrogen (secondary N) is 1. The largest absolute Gasteiger partial charge is 0.319 e. The molecule has 0 aromatic carbocycles. The van der Waals surface area contributed by atoms with Crippen molar-refractivity contribution in [2.45, 2.75) is 168 Å². The minimum absolute atomic E-state index is 0.775. The van der Waals surface area contributed by atoms with E-state index in [9.17, 15) is 0 Å². The minimum atomic E-state index is 0.775. The summed E-state index contributed by atoms with van der Waals surface area (Å²) in [6.45, 7) is 10.1. The van der Waals surface area contributed by atoms with Crippen LogP contribution in [-0.2, 0) is 0 Å². The SMILES string of the molecule is C=C(CCCCCCCCCCCCCCCCCCCCCCC)CCC(C)CNC. The van der Waals surface area contributed by atoms with Crippen molar-refractivity contribution in [1.82, 2.24) is 5.32 Å². The van der Waals surface area contributed by atoms with Crippen molar-refractivity contribution < 1.29 is 0 Å². The average Bonchev–Trinajstić information content (AvgIpc) is 2.79. The van der Waals surface area contributed by atoms with E-state index in [0.29, 0.717) is 0 Å². The van der Waals surface area contributed by atoms with Gasteiger partial charge in [-0.15, -0.1) is 0 Å². The number of rotatable bonds is 27. The van der Waals surface area contributed by atoms with Crippen LogP contribution in [-0.4, -0.2) is 13.6 Å². The quantitative estimate of drug-likeness (QED) is 0.0970. The van der Waals surface area contributed by atoms with Crippen LogP contribution in [0.2, 0.25) is 0 Å². The Morgan fingerprint density at radius 2 is 0.906 bits per heavy atom. The molecule has 0 aliphatic rings. The van der Waals surface area contributed by atoms with E-state index in [-0.39, 0.29) is 0 Å². The van der Waals surface area contributed by atoms with Crippen molar-refractivity contribution in [2.24, 2.45) is 5.92 Å². The third kappa shape index (κ3) is 26.0. The van der Waals surface area contributed by atoms with Crippen molar-refractivity contribution >= 4 is 0 Å². The zero-order chi connectivity index (χ0) is 23.5. The third-order valence-corrected chi connectivity index (χ3v) is 7.18. The Morgan fingerprint density at radius 1 is 0.562 bits per heavy atom. The van der Waals surface area contributed by atoms with Gasteiger partial charge in [-0.3, -0.25) is 0 Å². The van der Waals surface area contributed by atoms with E-state index in [1.54, 1.807) is 0 Å². The molecule has 0 spiro atoms. The van der Waals surface area contributed by atoms with Gasteiger partial charge in [-0.2, -0.15) is 0 Å².